The number of hydrogen-bond donors (Lipinski definition) is 2. The minimum Gasteiger partial charge on any atom is -0.351 e. The van der Waals surface area contributed by atoms with Crippen LogP contribution in [0.4, 0.5) is 0 Å². The van der Waals surface area contributed by atoms with Crippen molar-refractivity contribution in [3.63, 3.8) is 0 Å². The molecule has 0 bridgehead atoms. The van der Waals surface area contributed by atoms with Gasteiger partial charge in [0.25, 0.3) is 5.91 Å². The van der Waals surface area contributed by atoms with Gasteiger partial charge in [0.05, 0.1) is 35.9 Å². The Bertz CT molecular complexity index is 909. The largest absolute Gasteiger partial charge is 0.351 e. The average Bonchev–Trinajstić information content (AvgIpc) is 3.27. The maximum atomic E-state index is 12.6. The lowest BCUT2D eigenvalue weighted by atomic mass is 10.1. The molecule has 0 saturated carbocycles. The molecule has 142 valence electrons. The number of thiophene rings is 1. The summed E-state index contributed by atoms with van der Waals surface area (Å²) in [4.78, 5) is 16.1. The van der Waals surface area contributed by atoms with Gasteiger partial charge >= 0.3 is 0 Å². The zero-order chi connectivity index (χ0) is 18.6. The van der Waals surface area contributed by atoms with E-state index in [1.54, 1.807) is 4.90 Å². The Labute approximate surface area is 164 Å². The number of benzene rings is 1. The van der Waals surface area contributed by atoms with Crippen molar-refractivity contribution in [3.05, 3.63) is 47.0 Å². The van der Waals surface area contributed by atoms with Crippen molar-refractivity contribution in [1.82, 2.24) is 15.1 Å². The molecule has 3 heterocycles. The third-order valence-corrected chi connectivity index (χ3v) is 6.43. The zero-order valence-corrected chi connectivity index (χ0v) is 16.6. The number of amides is 1. The first-order valence-electron chi connectivity index (χ1n) is 9.89. The molecular formula is C21H27N4OS+. The van der Waals surface area contributed by atoms with Gasteiger partial charge in [-0.05, 0) is 44.4 Å². The minimum atomic E-state index is 0.0313. The van der Waals surface area contributed by atoms with Crippen LogP contribution in [0.25, 0.3) is 15.9 Å². The molecular weight excluding hydrogens is 356 g/mol. The van der Waals surface area contributed by atoms with Crippen molar-refractivity contribution in [2.45, 2.75) is 32.6 Å². The lowest BCUT2D eigenvalue weighted by Gasteiger charge is -2.23. The van der Waals surface area contributed by atoms with Crippen LogP contribution < -0.4 is 10.2 Å². The first-order chi connectivity index (χ1) is 13.2. The number of carbonyl (C=O) groups is 1. The summed E-state index contributed by atoms with van der Waals surface area (Å²) < 4.78 is 1.94. The van der Waals surface area contributed by atoms with Gasteiger partial charge in [-0.3, -0.25) is 4.79 Å². The van der Waals surface area contributed by atoms with E-state index in [0.717, 1.165) is 46.0 Å². The van der Waals surface area contributed by atoms with E-state index in [1.807, 2.05) is 48.0 Å². The maximum absolute atomic E-state index is 12.6. The summed E-state index contributed by atoms with van der Waals surface area (Å²) in [6.45, 7) is 6.49. The van der Waals surface area contributed by atoms with E-state index in [1.165, 1.54) is 43.7 Å². The van der Waals surface area contributed by atoms with E-state index in [9.17, 15) is 4.79 Å². The van der Waals surface area contributed by atoms with Gasteiger partial charge in [-0.1, -0.05) is 18.2 Å². The molecule has 3 aromatic rings. The summed E-state index contributed by atoms with van der Waals surface area (Å²) in [6.07, 6.45) is 5.12. The topological polar surface area (TPSA) is 51.4 Å². The molecule has 6 heteroatoms. The summed E-state index contributed by atoms with van der Waals surface area (Å²) in [6, 6.07) is 12.1. The van der Waals surface area contributed by atoms with Gasteiger partial charge in [0.1, 0.15) is 4.83 Å². The highest BCUT2D eigenvalue weighted by Crippen LogP contribution is 2.30. The van der Waals surface area contributed by atoms with Gasteiger partial charge in [-0.15, -0.1) is 11.3 Å². The van der Waals surface area contributed by atoms with Crippen molar-refractivity contribution in [2.75, 3.05) is 26.2 Å². The molecule has 1 aliphatic rings. The molecule has 0 radical (unpaired) electrons. The van der Waals surface area contributed by atoms with Crippen LogP contribution in [0.2, 0.25) is 0 Å². The van der Waals surface area contributed by atoms with Crippen molar-refractivity contribution < 1.29 is 9.69 Å². The van der Waals surface area contributed by atoms with Crippen LogP contribution in [0.15, 0.2) is 36.4 Å². The number of likely N-dealkylation sites (tertiary alicyclic amines) is 1. The number of rotatable bonds is 6. The number of aromatic nitrogens is 2. The molecule has 1 amide bonds. The number of nitrogens with one attached hydrogen (secondary N) is 2. The third-order valence-electron chi connectivity index (χ3n) is 5.32. The monoisotopic (exact) mass is 383 g/mol. The quantitative estimate of drug-likeness (QED) is 0.643. The SMILES string of the molecule is Cc1nn(-c2ccccc2)c2sc(C(=O)NCCC[NH+]3CCCCC3)cc12. The summed E-state index contributed by atoms with van der Waals surface area (Å²) in [5.74, 6) is 0.0313. The maximum Gasteiger partial charge on any atom is 0.261 e. The van der Waals surface area contributed by atoms with E-state index in [2.05, 4.69) is 10.4 Å². The summed E-state index contributed by atoms with van der Waals surface area (Å²) in [5, 5.41) is 8.80. The second-order valence-electron chi connectivity index (χ2n) is 7.33. The van der Waals surface area contributed by atoms with Gasteiger partial charge in [0.2, 0.25) is 0 Å². The first kappa shape index (κ1) is 18.2. The summed E-state index contributed by atoms with van der Waals surface area (Å²) in [5.41, 5.74) is 1.98. The lowest BCUT2D eigenvalue weighted by molar-refractivity contribution is -0.904. The molecule has 1 aliphatic heterocycles. The Hall–Kier alpha value is -2.18. The number of aryl methyl sites for hydroxylation is 1. The second-order valence-corrected chi connectivity index (χ2v) is 8.36. The number of fused-ring (bicyclic) bond motifs is 1. The fourth-order valence-electron chi connectivity index (χ4n) is 3.83. The highest BCUT2D eigenvalue weighted by Gasteiger charge is 2.17. The molecule has 0 spiro atoms. The highest BCUT2D eigenvalue weighted by atomic mass is 32.1. The van der Waals surface area contributed by atoms with Crippen LogP contribution in [0, 0.1) is 6.92 Å². The predicted octanol–water partition coefficient (Wildman–Crippen LogP) is 2.58. The molecule has 1 saturated heterocycles. The van der Waals surface area contributed by atoms with Gasteiger partial charge in [0.15, 0.2) is 0 Å². The van der Waals surface area contributed by atoms with Crippen molar-refractivity contribution >= 4 is 27.5 Å². The Morgan fingerprint density at radius 1 is 1.22 bits per heavy atom. The van der Waals surface area contributed by atoms with Crippen molar-refractivity contribution in [3.8, 4) is 5.69 Å². The third kappa shape index (κ3) is 4.06. The van der Waals surface area contributed by atoms with E-state index in [4.69, 9.17) is 0 Å². The van der Waals surface area contributed by atoms with Crippen LogP contribution in [0.5, 0.6) is 0 Å². The van der Waals surface area contributed by atoms with E-state index in [0.29, 0.717) is 0 Å². The number of carbonyl (C=O) groups excluding carboxylic acids is 1. The average molecular weight is 384 g/mol. The van der Waals surface area contributed by atoms with E-state index >= 15 is 0 Å². The standard InChI is InChI=1S/C21H26N4OS/c1-16-18-15-19(20(26)22-11-8-14-24-12-6-3-7-13-24)27-21(18)25(23-16)17-9-4-2-5-10-17/h2,4-5,9-10,15H,3,6-8,11-14H2,1H3,(H,22,26)/p+1. The molecule has 0 aliphatic carbocycles. The Morgan fingerprint density at radius 2 is 2.00 bits per heavy atom. The molecule has 1 aromatic carbocycles. The second kappa shape index (κ2) is 8.23. The minimum absolute atomic E-state index is 0.0313. The normalized spacial score (nSPS) is 15.3. The van der Waals surface area contributed by atoms with Crippen LogP contribution in [-0.2, 0) is 0 Å². The number of piperidine rings is 1. The summed E-state index contributed by atoms with van der Waals surface area (Å²) >= 11 is 1.52. The Kier molecular flexibility index (Phi) is 5.55. The summed E-state index contributed by atoms with van der Waals surface area (Å²) in [7, 11) is 0. The van der Waals surface area contributed by atoms with E-state index < -0.39 is 0 Å². The molecule has 4 rings (SSSR count). The first-order valence-corrected chi connectivity index (χ1v) is 10.7. The number of para-hydroxylation sites is 1. The van der Waals surface area contributed by atoms with Crippen molar-refractivity contribution in [1.29, 1.82) is 0 Å². The van der Waals surface area contributed by atoms with Crippen LogP contribution in [0.1, 0.15) is 41.0 Å². The Balaban J connectivity index is 1.40. The zero-order valence-electron chi connectivity index (χ0n) is 15.8. The molecule has 0 unspecified atom stereocenters. The number of hydrogen-bond acceptors (Lipinski definition) is 3. The van der Waals surface area contributed by atoms with E-state index in [-0.39, 0.29) is 5.91 Å². The molecule has 1 fully saturated rings. The molecule has 27 heavy (non-hydrogen) atoms. The van der Waals surface area contributed by atoms with Gasteiger partial charge in [-0.2, -0.15) is 5.10 Å². The number of nitrogens with zero attached hydrogens (tertiary/aromatic N) is 2. The fraction of sp³-hybridized carbons (Fsp3) is 0.429. The van der Waals surface area contributed by atoms with Crippen molar-refractivity contribution in [2.24, 2.45) is 0 Å². The fourth-order valence-corrected chi connectivity index (χ4v) is 4.93. The van der Waals surface area contributed by atoms with Gasteiger partial charge in [0, 0.05) is 18.4 Å². The van der Waals surface area contributed by atoms with Gasteiger partial charge < -0.3 is 10.2 Å². The molecule has 2 N–H and O–H groups in total. The Morgan fingerprint density at radius 3 is 2.78 bits per heavy atom. The molecule has 0 atom stereocenters. The number of quaternary nitrogens is 1. The predicted molar refractivity (Wildman–Crippen MR) is 110 cm³/mol. The van der Waals surface area contributed by atoms with Crippen LogP contribution in [-0.4, -0.2) is 41.9 Å². The van der Waals surface area contributed by atoms with Crippen LogP contribution >= 0.6 is 11.3 Å². The molecule has 2 aromatic heterocycles. The smallest absolute Gasteiger partial charge is 0.261 e. The molecule has 5 nitrogen and oxygen atoms in total. The van der Waals surface area contributed by atoms with Gasteiger partial charge in [-0.25, -0.2) is 4.68 Å². The van der Waals surface area contributed by atoms with Crippen LogP contribution in [0.3, 0.4) is 0 Å². The highest BCUT2D eigenvalue weighted by molar-refractivity contribution is 7.20. The lowest BCUT2D eigenvalue weighted by Crippen LogP contribution is -3.12.